The van der Waals surface area contributed by atoms with Crippen LogP contribution in [0.1, 0.15) is 15.9 Å². The Kier molecular flexibility index (Phi) is 5.08. The van der Waals surface area contributed by atoms with E-state index >= 15 is 0 Å². The number of para-hydroxylation sites is 1. The molecule has 0 saturated heterocycles. The normalized spacial score (nSPS) is 11.0. The van der Waals surface area contributed by atoms with Crippen molar-refractivity contribution in [2.75, 3.05) is 6.61 Å². The van der Waals surface area contributed by atoms with Gasteiger partial charge in [-0.3, -0.25) is 9.36 Å². The van der Waals surface area contributed by atoms with E-state index < -0.39 is 0 Å². The molecule has 2 aromatic carbocycles. The maximum atomic E-state index is 12.6. The second-order valence-electron chi connectivity index (χ2n) is 5.42. The van der Waals surface area contributed by atoms with Crippen molar-refractivity contribution in [3.63, 3.8) is 0 Å². The second kappa shape index (κ2) is 7.09. The van der Waals surface area contributed by atoms with Crippen LogP contribution < -0.4 is 4.74 Å². The number of hydrogen-bond donors (Lipinski definition) is 1. The minimum Gasteiger partial charge on any atom is -0.482 e. The lowest BCUT2D eigenvalue weighted by Gasteiger charge is -2.12. The minimum atomic E-state index is -0.194. The zero-order valence-electron chi connectivity index (χ0n) is 12.9. The first-order chi connectivity index (χ1) is 11.5. The van der Waals surface area contributed by atoms with Crippen LogP contribution in [-0.4, -0.2) is 22.2 Å². The van der Waals surface area contributed by atoms with E-state index in [9.17, 15) is 9.90 Å². The first-order valence-corrected chi connectivity index (χ1v) is 8.91. The molecule has 4 nitrogen and oxygen atoms in total. The third-order valence-corrected chi connectivity index (χ3v) is 4.81. The lowest BCUT2D eigenvalue weighted by Crippen LogP contribution is -2.19. The van der Waals surface area contributed by atoms with Gasteiger partial charge in [0, 0.05) is 21.6 Å². The molecule has 0 amide bonds. The highest BCUT2D eigenvalue weighted by Crippen LogP contribution is 2.32. The van der Waals surface area contributed by atoms with Crippen LogP contribution in [0.4, 0.5) is 0 Å². The van der Waals surface area contributed by atoms with Crippen LogP contribution in [0.3, 0.4) is 0 Å². The highest BCUT2D eigenvalue weighted by Gasteiger charge is 2.15. The zero-order valence-corrected chi connectivity index (χ0v) is 16.1. The van der Waals surface area contributed by atoms with Gasteiger partial charge < -0.3 is 9.84 Å². The molecule has 3 rings (SSSR count). The molecule has 0 spiro atoms. The Morgan fingerprint density at radius 1 is 1.25 bits per heavy atom. The first-order valence-electron chi connectivity index (χ1n) is 7.32. The van der Waals surface area contributed by atoms with E-state index in [2.05, 4.69) is 31.9 Å². The fourth-order valence-corrected chi connectivity index (χ4v) is 4.21. The summed E-state index contributed by atoms with van der Waals surface area (Å²) in [4.78, 5) is 12.6. The summed E-state index contributed by atoms with van der Waals surface area (Å²) in [6.07, 6.45) is 1.67. The molecule has 0 aliphatic heterocycles. The highest BCUT2D eigenvalue weighted by atomic mass is 79.9. The van der Waals surface area contributed by atoms with E-state index in [4.69, 9.17) is 4.74 Å². The summed E-state index contributed by atoms with van der Waals surface area (Å²) >= 11 is 6.87. The summed E-state index contributed by atoms with van der Waals surface area (Å²) in [5, 5.41) is 10.3. The molecule has 1 heterocycles. The number of fused-ring (bicyclic) bond motifs is 1. The largest absolute Gasteiger partial charge is 0.482 e. The van der Waals surface area contributed by atoms with Crippen molar-refractivity contribution in [1.29, 1.82) is 0 Å². The number of ether oxygens (including phenoxy) is 1. The fourth-order valence-electron chi connectivity index (χ4n) is 2.66. The fraction of sp³-hybridized carbons (Fsp3) is 0.167. The number of rotatable bonds is 4. The van der Waals surface area contributed by atoms with E-state index in [0.29, 0.717) is 5.75 Å². The molecule has 0 unspecified atom stereocenters. The van der Waals surface area contributed by atoms with Gasteiger partial charge >= 0.3 is 0 Å². The summed E-state index contributed by atoms with van der Waals surface area (Å²) in [6, 6.07) is 11.3. The predicted octanol–water partition coefficient (Wildman–Crippen LogP) is 4.69. The summed E-state index contributed by atoms with van der Waals surface area (Å²) in [5.41, 5.74) is 2.42. The van der Waals surface area contributed by atoms with Crippen LogP contribution in [0.5, 0.6) is 5.75 Å². The van der Waals surface area contributed by atoms with Gasteiger partial charge in [-0.15, -0.1) is 0 Å². The zero-order chi connectivity index (χ0) is 17.3. The Labute approximate surface area is 156 Å². The lowest BCUT2D eigenvalue weighted by atomic mass is 10.2. The topological polar surface area (TPSA) is 51.5 Å². The van der Waals surface area contributed by atoms with Crippen LogP contribution in [0.2, 0.25) is 0 Å². The van der Waals surface area contributed by atoms with Crippen molar-refractivity contribution >= 4 is 48.7 Å². The van der Waals surface area contributed by atoms with Gasteiger partial charge in [-0.05, 0) is 46.6 Å². The molecule has 0 saturated carbocycles. The molecular weight excluding hydrogens is 438 g/mol. The standard InChI is InChI=1S/C18H15Br2NO3/c1-11-6-13(19)7-15(20)18(11)24-10-17(23)21-8-12(9-22)14-4-2-3-5-16(14)21/h2-8,22H,9-10H2,1H3. The van der Waals surface area contributed by atoms with E-state index in [0.717, 1.165) is 31.0 Å². The summed E-state index contributed by atoms with van der Waals surface area (Å²) in [6.45, 7) is 1.72. The van der Waals surface area contributed by atoms with Gasteiger partial charge in [0.05, 0.1) is 16.6 Å². The number of nitrogens with zero attached hydrogens (tertiary/aromatic N) is 1. The van der Waals surface area contributed by atoms with Crippen molar-refractivity contribution < 1.29 is 14.6 Å². The number of hydrogen-bond acceptors (Lipinski definition) is 3. The number of aliphatic hydroxyl groups excluding tert-OH is 1. The SMILES string of the molecule is Cc1cc(Br)cc(Br)c1OCC(=O)n1cc(CO)c2ccccc21. The van der Waals surface area contributed by atoms with Crippen LogP contribution in [0, 0.1) is 6.92 Å². The van der Waals surface area contributed by atoms with Crippen LogP contribution in [-0.2, 0) is 6.61 Å². The monoisotopic (exact) mass is 451 g/mol. The molecule has 124 valence electrons. The van der Waals surface area contributed by atoms with Crippen LogP contribution >= 0.6 is 31.9 Å². The van der Waals surface area contributed by atoms with E-state index in [1.807, 2.05) is 43.3 Å². The van der Waals surface area contributed by atoms with Gasteiger partial charge in [-0.2, -0.15) is 0 Å². The Bertz CT molecular complexity index is 895. The molecule has 0 atom stereocenters. The second-order valence-corrected chi connectivity index (χ2v) is 7.19. The van der Waals surface area contributed by atoms with Crippen LogP contribution in [0.25, 0.3) is 10.9 Å². The minimum absolute atomic E-state index is 0.0926. The maximum absolute atomic E-state index is 12.6. The van der Waals surface area contributed by atoms with E-state index in [1.54, 1.807) is 6.20 Å². The quantitative estimate of drug-likeness (QED) is 0.624. The Balaban J connectivity index is 1.86. The molecule has 0 aliphatic rings. The molecule has 0 bridgehead atoms. The number of aryl methyl sites for hydroxylation is 1. The Morgan fingerprint density at radius 3 is 2.71 bits per heavy atom. The average Bonchev–Trinajstić information content (AvgIpc) is 2.92. The Morgan fingerprint density at radius 2 is 2.00 bits per heavy atom. The molecular formula is C18H15Br2NO3. The smallest absolute Gasteiger partial charge is 0.268 e. The third kappa shape index (κ3) is 3.27. The molecule has 6 heteroatoms. The van der Waals surface area contributed by atoms with Gasteiger partial charge in [-0.25, -0.2) is 0 Å². The number of carbonyl (C=O) groups excluding carboxylic acids is 1. The Hall–Kier alpha value is -1.63. The van der Waals surface area contributed by atoms with Crippen molar-refractivity contribution in [2.45, 2.75) is 13.5 Å². The molecule has 1 N–H and O–H groups in total. The molecule has 0 aliphatic carbocycles. The van der Waals surface area contributed by atoms with Gasteiger partial charge in [0.25, 0.3) is 5.91 Å². The van der Waals surface area contributed by atoms with Crippen molar-refractivity contribution in [1.82, 2.24) is 4.57 Å². The van der Waals surface area contributed by atoms with Gasteiger partial charge in [0.15, 0.2) is 6.61 Å². The van der Waals surface area contributed by atoms with E-state index in [1.165, 1.54) is 4.57 Å². The maximum Gasteiger partial charge on any atom is 0.268 e. The van der Waals surface area contributed by atoms with Gasteiger partial charge in [-0.1, -0.05) is 34.1 Å². The van der Waals surface area contributed by atoms with Gasteiger partial charge in [0.2, 0.25) is 0 Å². The van der Waals surface area contributed by atoms with E-state index in [-0.39, 0.29) is 19.1 Å². The van der Waals surface area contributed by atoms with Crippen molar-refractivity contribution in [2.24, 2.45) is 0 Å². The van der Waals surface area contributed by atoms with Crippen molar-refractivity contribution in [3.8, 4) is 5.75 Å². The molecule has 1 aromatic heterocycles. The number of carbonyl (C=O) groups is 1. The predicted molar refractivity (Wildman–Crippen MR) is 101 cm³/mol. The molecule has 0 fully saturated rings. The molecule has 24 heavy (non-hydrogen) atoms. The first kappa shape index (κ1) is 17.2. The molecule has 3 aromatic rings. The van der Waals surface area contributed by atoms with Crippen molar-refractivity contribution in [3.05, 3.63) is 62.7 Å². The summed E-state index contributed by atoms with van der Waals surface area (Å²) in [5.74, 6) is 0.450. The summed E-state index contributed by atoms with van der Waals surface area (Å²) in [7, 11) is 0. The highest BCUT2D eigenvalue weighted by molar-refractivity contribution is 9.11. The average molecular weight is 453 g/mol. The lowest BCUT2D eigenvalue weighted by molar-refractivity contribution is 0.0842. The summed E-state index contributed by atoms with van der Waals surface area (Å²) < 4.78 is 8.99. The third-order valence-electron chi connectivity index (χ3n) is 3.77. The number of aromatic nitrogens is 1. The van der Waals surface area contributed by atoms with Crippen LogP contribution in [0.15, 0.2) is 51.5 Å². The molecule has 0 radical (unpaired) electrons. The van der Waals surface area contributed by atoms with Gasteiger partial charge in [0.1, 0.15) is 5.75 Å². The number of halogens is 2. The number of benzene rings is 2. The number of aliphatic hydroxyl groups is 1.